The molecule has 0 amide bonds. The Labute approximate surface area is 124 Å². The maximum atomic E-state index is 3.50. The van der Waals surface area contributed by atoms with E-state index in [1.807, 2.05) is 0 Å². The number of benzene rings is 1. The van der Waals surface area contributed by atoms with Crippen LogP contribution in [0.1, 0.15) is 50.7 Å². The molecule has 112 valence electrons. The van der Waals surface area contributed by atoms with Gasteiger partial charge in [0.05, 0.1) is 0 Å². The molecular weight excluding hydrogens is 244 g/mol. The van der Waals surface area contributed by atoms with Crippen LogP contribution < -0.4 is 5.32 Å². The highest BCUT2D eigenvalue weighted by molar-refractivity contribution is 5.28. The monoisotopic (exact) mass is 274 g/mol. The lowest BCUT2D eigenvalue weighted by molar-refractivity contribution is 0.191. The van der Waals surface area contributed by atoms with Gasteiger partial charge in [0.2, 0.25) is 0 Å². The Kier molecular flexibility index (Phi) is 6.55. The molecule has 1 aromatic rings. The molecule has 1 aliphatic heterocycles. The number of nitrogens with one attached hydrogen (secondary N) is 1. The normalized spacial score (nSPS) is 17.5. The van der Waals surface area contributed by atoms with Crippen molar-refractivity contribution in [2.24, 2.45) is 0 Å². The summed E-state index contributed by atoms with van der Waals surface area (Å²) >= 11 is 0. The second kappa shape index (κ2) is 8.43. The Balaban J connectivity index is 1.80. The summed E-state index contributed by atoms with van der Waals surface area (Å²) in [6.07, 6.45) is 6.38. The minimum atomic E-state index is 0.699. The SMILES string of the molecule is CCCNCCCC(C)N1CCCc2ccccc2C1. The number of aryl methyl sites for hydroxylation is 1. The maximum Gasteiger partial charge on any atom is 0.0239 e. The largest absolute Gasteiger partial charge is 0.317 e. The van der Waals surface area contributed by atoms with E-state index in [1.165, 1.54) is 45.2 Å². The van der Waals surface area contributed by atoms with Gasteiger partial charge in [-0.2, -0.15) is 0 Å². The van der Waals surface area contributed by atoms with Crippen molar-refractivity contribution in [2.45, 2.75) is 58.5 Å². The number of hydrogen-bond donors (Lipinski definition) is 1. The van der Waals surface area contributed by atoms with E-state index in [9.17, 15) is 0 Å². The predicted molar refractivity (Wildman–Crippen MR) is 87.0 cm³/mol. The van der Waals surface area contributed by atoms with Crippen molar-refractivity contribution >= 4 is 0 Å². The van der Waals surface area contributed by atoms with Crippen LogP contribution in [0, 0.1) is 0 Å². The topological polar surface area (TPSA) is 15.3 Å². The van der Waals surface area contributed by atoms with Crippen molar-refractivity contribution in [1.82, 2.24) is 10.2 Å². The molecule has 0 saturated carbocycles. The molecule has 2 rings (SSSR count). The van der Waals surface area contributed by atoms with Gasteiger partial charge < -0.3 is 5.32 Å². The van der Waals surface area contributed by atoms with Gasteiger partial charge in [0.1, 0.15) is 0 Å². The van der Waals surface area contributed by atoms with Gasteiger partial charge in [0.25, 0.3) is 0 Å². The van der Waals surface area contributed by atoms with Gasteiger partial charge in [-0.05, 0) is 69.8 Å². The molecule has 1 atom stereocenters. The Morgan fingerprint density at radius 3 is 2.80 bits per heavy atom. The Hall–Kier alpha value is -0.860. The van der Waals surface area contributed by atoms with E-state index >= 15 is 0 Å². The quantitative estimate of drug-likeness (QED) is 0.764. The van der Waals surface area contributed by atoms with Crippen LogP contribution >= 0.6 is 0 Å². The molecule has 0 spiro atoms. The van der Waals surface area contributed by atoms with E-state index < -0.39 is 0 Å². The van der Waals surface area contributed by atoms with Gasteiger partial charge in [-0.3, -0.25) is 4.90 Å². The van der Waals surface area contributed by atoms with Gasteiger partial charge >= 0.3 is 0 Å². The molecule has 0 aliphatic carbocycles. The van der Waals surface area contributed by atoms with Crippen molar-refractivity contribution < 1.29 is 0 Å². The third-order valence-electron chi connectivity index (χ3n) is 4.41. The maximum absolute atomic E-state index is 3.50. The molecule has 2 heteroatoms. The standard InChI is InChI=1S/C18H30N2/c1-3-12-19-13-6-8-16(2)20-14-7-11-17-9-4-5-10-18(17)15-20/h4-5,9-10,16,19H,3,6-8,11-15H2,1-2H3. The zero-order chi connectivity index (χ0) is 14.2. The van der Waals surface area contributed by atoms with Crippen molar-refractivity contribution in [3.8, 4) is 0 Å². The van der Waals surface area contributed by atoms with Gasteiger partial charge in [-0.1, -0.05) is 31.2 Å². The van der Waals surface area contributed by atoms with Crippen LogP contribution in [0.2, 0.25) is 0 Å². The summed E-state index contributed by atoms with van der Waals surface area (Å²) in [7, 11) is 0. The van der Waals surface area contributed by atoms with Crippen LogP contribution in [0.15, 0.2) is 24.3 Å². The van der Waals surface area contributed by atoms with Crippen LogP contribution in [-0.4, -0.2) is 30.6 Å². The second-order valence-electron chi connectivity index (χ2n) is 6.08. The first kappa shape index (κ1) is 15.5. The van der Waals surface area contributed by atoms with Crippen LogP contribution in [0.3, 0.4) is 0 Å². The van der Waals surface area contributed by atoms with Crippen molar-refractivity contribution in [2.75, 3.05) is 19.6 Å². The smallest absolute Gasteiger partial charge is 0.0239 e. The average molecular weight is 274 g/mol. The van der Waals surface area contributed by atoms with Crippen molar-refractivity contribution in [3.05, 3.63) is 35.4 Å². The summed E-state index contributed by atoms with van der Waals surface area (Å²) in [5, 5.41) is 3.50. The first-order chi connectivity index (χ1) is 9.81. The zero-order valence-corrected chi connectivity index (χ0v) is 13.2. The van der Waals surface area contributed by atoms with Crippen molar-refractivity contribution in [3.63, 3.8) is 0 Å². The van der Waals surface area contributed by atoms with Gasteiger partial charge in [-0.25, -0.2) is 0 Å². The van der Waals surface area contributed by atoms with E-state index in [2.05, 4.69) is 48.3 Å². The van der Waals surface area contributed by atoms with Gasteiger partial charge in [0, 0.05) is 12.6 Å². The summed E-state index contributed by atoms with van der Waals surface area (Å²) in [6, 6.07) is 9.67. The lowest BCUT2D eigenvalue weighted by Crippen LogP contribution is -2.33. The van der Waals surface area contributed by atoms with Gasteiger partial charge in [0.15, 0.2) is 0 Å². The minimum Gasteiger partial charge on any atom is -0.317 e. The fourth-order valence-corrected chi connectivity index (χ4v) is 3.11. The Bertz CT molecular complexity index is 389. The highest BCUT2D eigenvalue weighted by Crippen LogP contribution is 2.21. The zero-order valence-electron chi connectivity index (χ0n) is 13.2. The molecule has 2 nitrogen and oxygen atoms in total. The fourth-order valence-electron chi connectivity index (χ4n) is 3.11. The van der Waals surface area contributed by atoms with Crippen molar-refractivity contribution in [1.29, 1.82) is 0 Å². The van der Waals surface area contributed by atoms with Crippen LogP contribution in [0.5, 0.6) is 0 Å². The second-order valence-corrected chi connectivity index (χ2v) is 6.08. The molecule has 1 heterocycles. The Morgan fingerprint density at radius 2 is 2.00 bits per heavy atom. The highest BCUT2D eigenvalue weighted by atomic mass is 15.1. The summed E-state index contributed by atoms with van der Waals surface area (Å²) < 4.78 is 0. The van der Waals surface area contributed by atoms with E-state index in [4.69, 9.17) is 0 Å². The van der Waals surface area contributed by atoms with E-state index in [1.54, 1.807) is 11.1 Å². The molecule has 20 heavy (non-hydrogen) atoms. The number of rotatable bonds is 7. The Morgan fingerprint density at radius 1 is 1.20 bits per heavy atom. The third kappa shape index (κ3) is 4.60. The van der Waals surface area contributed by atoms with E-state index in [0.29, 0.717) is 6.04 Å². The fraction of sp³-hybridized carbons (Fsp3) is 0.667. The summed E-state index contributed by atoms with van der Waals surface area (Å²) in [6.45, 7) is 9.34. The van der Waals surface area contributed by atoms with Crippen LogP contribution in [0.25, 0.3) is 0 Å². The average Bonchev–Trinajstić information content (AvgIpc) is 2.69. The summed E-state index contributed by atoms with van der Waals surface area (Å²) in [5.74, 6) is 0. The molecule has 1 aliphatic rings. The highest BCUT2D eigenvalue weighted by Gasteiger charge is 2.18. The molecule has 1 N–H and O–H groups in total. The summed E-state index contributed by atoms with van der Waals surface area (Å²) in [5.41, 5.74) is 3.10. The molecule has 0 bridgehead atoms. The number of hydrogen-bond acceptors (Lipinski definition) is 2. The molecule has 1 aromatic carbocycles. The van der Waals surface area contributed by atoms with Crippen LogP contribution in [0.4, 0.5) is 0 Å². The molecular formula is C18H30N2. The van der Waals surface area contributed by atoms with E-state index in [-0.39, 0.29) is 0 Å². The molecule has 0 saturated heterocycles. The lowest BCUT2D eigenvalue weighted by atomic mass is 10.0. The number of fused-ring (bicyclic) bond motifs is 1. The van der Waals surface area contributed by atoms with Gasteiger partial charge in [-0.15, -0.1) is 0 Å². The number of nitrogens with zero attached hydrogens (tertiary/aromatic N) is 1. The van der Waals surface area contributed by atoms with Crippen LogP contribution in [-0.2, 0) is 13.0 Å². The molecule has 1 unspecified atom stereocenters. The minimum absolute atomic E-state index is 0.699. The van der Waals surface area contributed by atoms with E-state index in [0.717, 1.165) is 13.1 Å². The molecule has 0 fully saturated rings. The molecule has 0 aromatic heterocycles. The first-order valence-electron chi connectivity index (χ1n) is 8.32. The summed E-state index contributed by atoms with van der Waals surface area (Å²) in [4.78, 5) is 2.67. The predicted octanol–water partition coefficient (Wildman–Crippen LogP) is 3.60. The first-order valence-corrected chi connectivity index (χ1v) is 8.32. The third-order valence-corrected chi connectivity index (χ3v) is 4.41. The lowest BCUT2D eigenvalue weighted by Gasteiger charge is -2.28. The molecule has 0 radical (unpaired) electrons.